The van der Waals surface area contributed by atoms with E-state index in [2.05, 4.69) is 11.2 Å². The normalized spacial score (nSPS) is 12.6. The number of carboxylic acids is 1. The molecule has 0 aromatic heterocycles. The molecule has 16 heavy (non-hydrogen) atoms. The molecule has 1 unspecified atom stereocenters. The highest BCUT2D eigenvalue weighted by Gasteiger charge is 2.30. The number of carbonyl (C=O) groups excluding carboxylic acids is 1. The summed E-state index contributed by atoms with van der Waals surface area (Å²) >= 11 is 0. The van der Waals surface area contributed by atoms with Crippen molar-refractivity contribution < 1.29 is 14.7 Å². The van der Waals surface area contributed by atoms with Crippen LogP contribution in [0.4, 0.5) is 0 Å². The SMILES string of the molecule is C#CCC(CC)NC(=O)CC(C)(C)C(=O)O. The molecule has 4 heteroatoms. The van der Waals surface area contributed by atoms with Gasteiger partial charge in [0, 0.05) is 18.9 Å². The van der Waals surface area contributed by atoms with Gasteiger partial charge in [-0.3, -0.25) is 9.59 Å². The highest BCUT2D eigenvalue weighted by molar-refractivity contribution is 5.84. The second-order valence-corrected chi connectivity index (χ2v) is 4.45. The van der Waals surface area contributed by atoms with Gasteiger partial charge < -0.3 is 10.4 Å². The first-order valence-corrected chi connectivity index (χ1v) is 5.29. The van der Waals surface area contributed by atoms with Gasteiger partial charge in [0.05, 0.1) is 5.41 Å². The first-order valence-electron chi connectivity index (χ1n) is 5.29. The predicted molar refractivity (Wildman–Crippen MR) is 61.7 cm³/mol. The maximum Gasteiger partial charge on any atom is 0.309 e. The topological polar surface area (TPSA) is 66.4 Å². The summed E-state index contributed by atoms with van der Waals surface area (Å²) in [5.41, 5.74) is -1.04. The van der Waals surface area contributed by atoms with Gasteiger partial charge >= 0.3 is 5.97 Å². The van der Waals surface area contributed by atoms with E-state index in [0.717, 1.165) is 6.42 Å². The molecule has 0 bridgehead atoms. The molecule has 1 atom stereocenters. The Kier molecular flexibility index (Phi) is 5.59. The average Bonchev–Trinajstić information content (AvgIpc) is 2.15. The summed E-state index contributed by atoms with van der Waals surface area (Å²) in [6, 6.07) is -0.0675. The number of nitrogens with one attached hydrogen (secondary N) is 1. The van der Waals surface area contributed by atoms with Crippen LogP contribution in [0.25, 0.3) is 0 Å². The number of amides is 1. The maximum absolute atomic E-state index is 11.6. The minimum Gasteiger partial charge on any atom is -0.481 e. The fraction of sp³-hybridized carbons (Fsp3) is 0.667. The molecule has 0 radical (unpaired) electrons. The van der Waals surface area contributed by atoms with Crippen molar-refractivity contribution in [2.75, 3.05) is 0 Å². The van der Waals surface area contributed by atoms with Crippen LogP contribution in [-0.2, 0) is 9.59 Å². The van der Waals surface area contributed by atoms with Gasteiger partial charge in [0.15, 0.2) is 0 Å². The summed E-state index contributed by atoms with van der Waals surface area (Å²) in [5, 5.41) is 11.6. The standard InChI is InChI=1S/C12H19NO3/c1-5-7-9(6-2)13-10(14)8-12(3,4)11(15)16/h1,9H,6-8H2,2-4H3,(H,13,14)(H,15,16). The lowest BCUT2D eigenvalue weighted by Gasteiger charge is -2.20. The number of rotatable bonds is 6. The second-order valence-electron chi connectivity index (χ2n) is 4.45. The number of terminal acetylenes is 1. The minimum atomic E-state index is -1.04. The molecule has 0 rings (SSSR count). The van der Waals surface area contributed by atoms with Crippen molar-refractivity contribution in [3.63, 3.8) is 0 Å². The summed E-state index contributed by atoms with van der Waals surface area (Å²) < 4.78 is 0. The molecule has 0 spiro atoms. The fourth-order valence-electron chi connectivity index (χ4n) is 1.20. The second kappa shape index (κ2) is 6.16. The molecule has 4 nitrogen and oxygen atoms in total. The van der Waals surface area contributed by atoms with Crippen LogP contribution in [0.1, 0.15) is 40.0 Å². The molecule has 1 amide bonds. The van der Waals surface area contributed by atoms with Gasteiger partial charge in [-0.05, 0) is 20.3 Å². The molecular formula is C12H19NO3. The first kappa shape index (κ1) is 14.5. The van der Waals surface area contributed by atoms with Crippen LogP contribution in [-0.4, -0.2) is 23.0 Å². The van der Waals surface area contributed by atoms with Crippen LogP contribution in [0, 0.1) is 17.8 Å². The smallest absolute Gasteiger partial charge is 0.309 e. The van der Waals surface area contributed by atoms with Crippen LogP contribution < -0.4 is 5.32 Å². The Labute approximate surface area is 96.4 Å². The van der Waals surface area contributed by atoms with Crippen LogP contribution in [0.5, 0.6) is 0 Å². The molecule has 0 aliphatic rings. The molecule has 2 N–H and O–H groups in total. The number of carboxylic acid groups (broad SMARTS) is 1. The van der Waals surface area contributed by atoms with Gasteiger partial charge in [-0.25, -0.2) is 0 Å². The number of aliphatic carboxylic acids is 1. The Bertz CT molecular complexity index is 302. The molecule has 0 heterocycles. The molecule has 0 saturated carbocycles. The monoisotopic (exact) mass is 225 g/mol. The lowest BCUT2D eigenvalue weighted by molar-refractivity contribution is -0.149. The van der Waals surface area contributed by atoms with E-state index in [9.17, 15) is 9.59 Å². The number of hydrogen-bond donors (Lipinski definition) is 2. The summed E-state index contributed by atoms with van der Waals surface area (Å²) in [4.78, 5) is 22.4. The third-order valence-corrected chi connectivity index (χ3v) is 2.40. The van der Waals surface area contributed by atoms with Crippen molar-refractivity contribution in [3.8, 4) is 12.3 Å². The number of carbonyl (C=O) groups is 2. The molecule has 0 aliphatic carbocycles. The number of hydrogen-bond acceptors (Lipinski definition) is 2. The van der Waals surface area contributed by atoms with Gasteiger partial charge in [0.2, 0.25) is 5.91 Å². The fourth-order valence-corrected chi connectivity index (χ4v) is 1.20. The van der Waals surface area contributed by atoms with E-state index in [1.165, 1.54) is 13.8 Å². The van der Waals surface area contributed by atoms with E-state index in [1.54, 1.807) is 0 Å². The molecule has 0 aliphatic heterocycles. The quantitative estimate of drug-likeness (QED) is 0.671. The van der Waals surface area contributed by atoms with Crippen molar-refractivity contribution in [2.45, 2.75) is 46.1 Å². The molecule has 90 valence electrons. The summed E-state index contributed by atoms with van der Waals surface area (Å²) in [5.74, 6) is 1.23. The van der Waals surface area contributed by atoms with Crippen molar-refractivity contribution in [1.29, 1.82) is 0 Å². The Morgan fingerprint density at radius 1 is 1.50 bits per heavy atom. The van der Waals surface area contributed by atoms with Crippen molar-refractivity contribution in [2.24, 2.45) is 5.41 Å². The van der Waals surface area contributed by atoms with Crippen LogP contribution >= 0.6 is 0 Å². The third-order valence-electron chi connectivity index (χ3n) is 2.40. The molecule has 0 aromatic carbocycles. The van der Waals surface area contributed by atoms with Crippen LogP contribution in [0.2, 0.25) is 0 Å². The van der Waals surface area contributed by atoms with Crippen molar-refractivity contribution in [3.05, 3.63) is 0 Å². The predicted octanol–water partition coefficient (Wildman–Crippen LogP) is 1.41. The van der Waals surface area contributed by atoms with Crippen molar-refractivity contribution in [1.82, 2.24) is 5.32 Å². The molecule has 0 saturated heterocycles. The Hall–Kier alpha value is -1.50. The lowest BCUT2D eigenvalue weighted by atomic mass is 9.89. The van der Waals surface area contributed by atoms with Gasteiger partial charge in [0.25, 0.3) is 0 Å². The zero-order valence-corrected chi connectivity index (χ0v) is 10.0. The largest absolute Gasteiger partial charge is 0.481 e. The van der Waals surface area contributed by atoms with E-state index in [1.807, 2.05) is 6.92 Å². The lowest BCUT2D eigenvalue weighted by Crippen LogP contribution is -2.38. The Morgan fingerprint density at radius 2 is 2.06 bits per heavy atom. The zero-order chi connectivity index (χ0) is 12.8. The van der Waals surface area contributed by atoms with Crippen molar-refractivity contribution >= 4 is 11.9 Å². The average molecular weight is 225 g/mol. The van der Waals surface area contributed by atoms with E-state index >= 15 is 0 Å². The van der Waals surface area contributed by atoms with E-state index in [4.69, 9.17) is 11.5 Å². The zero-order valence-electron chi connectivity index (χ0n) is 10.0. The molecule has 0 aromatic rings. The van der Waals surface area contributed by atoms with E-state index in [0.29, 0.717) is 6.42 Å². The molecular weight excluding hydrogens is 206 g/mol. The summed E-state index contributed by atoms with van der Waals surface area (Å²) in [6.07, 6.45) is 6.33. The maximum atomic E-state index is 11.6. The van der Waals surface area contributed by atoms with Gasteiger partial charge in [-0.1, -0.05) is 6.92 Å². The van der Waals surface area contributed by atoms with Crippen LogP contribution in [0.3, 0.4) is 0 Å². The Morgan fingerprint density at radius 3 is 2.44 bits per heavy atom. The van der Waals surface area contributed by atoms with E-state index in [-0.39, 0.29) is 18.4 Å². The van der Waals surface area contributed by atoms with Gasteiger partial charge in [0.1, 0.15) is 0 Å². The minimum absolute atomic E-state index is 0.0383. The molecule has 0 fully saturated rings. The third kappa shape index (κ3) is 4.83. The van der Waals surface area contributed by atoms with Gasteiger partial charge in [-0.15, -0.1) is 12.3 Å². The first-order chi connectivity index (χ1) is 7.33. The van der Waals surface area contributed by atoms with Crippen LogP contribution in [0.15, 0.2) is 0 Å². The summed E-state index contributed by atoms with van der Waals surface area (Å²) in [6.45, 7) is 4.97. The van der Waals surface area contributed by atoms with Gasteiger partial charge in [-0.2, -0.15) is 0 Å². The highest BCUT2D eigenvalue weighted by Crippen LogP contribution is 2.20. The highest BCUT2D eigenvalue weighted by atomic mass is 16.4. The Balaban J connectivity index is 4.28. The summed E-state index contributed by atoms with van der Waals surface area (Å²) in [7, 11) is 0. The van der Waals surface area contributed by atoms with E-state index < -0.39 is 11.4 Å².